The van der Waals surface area contributed by atoms with Crippen LogP contribution in [0.25, 0.3) is 0 Å². The summed E-state index contributed by atoms with van der Waals surface area (Å²) in [5.74, 6) is 1.73. The normalized spacial score (nSPS) is 16.1. The molecule has 1 aromatic heterocycles. The van der Waals surface area contributed by atoms with Crippen molar-refractivity contribution in [3.63, 3.8) is 0 Å². The van der Waals surface area contributed by atoms with Gasteiger partial charge in [-0.3, -0.25) is 10.00 Å². The summed E-state index contributed by atoms with van der Waals surface area (Å²) < 4.78 is 7.93. The molecule has 1 heterocycles. The molecule has 0 amide bonds. The minimum atomic E-state index is 0.0737. The third-order valence-corrected chi connectivity index (χ3v) is 5.35. The zero-order valence-electron chi connectivity index (χ0n) is 16.1. The van der Waals surface area contributed by atoms with Crippen LogP contribution in [0.2, 0.25) is 0 Å². The van der Waals surface area contributed by atoms with Crippen LogP contribution in [0.15, 0.2) is 66.9 Å². The number of nitrogens with one attached hydrogen (secondary N) is 1. The first-order valence-electron chi connectivity index (χ1n) is 9.79. The Morgan fingerprint density at radius 3 is 2.33 bits per heavy atom. The highest BCUT2D eigenvalue weighted by molar-refractivity contribution is 5.34. The fraction of sp³-hybridized carbons (Fsp3) is 0.348. The molecule has 0 aliphatic heterocycles. The van der Waals surface area contributed by atoms with Crippen molar-refractivity contribution < 1.29 is 4.74 Å². The Bertz CT molecular complexity index is 866. The fourth-order valence-electron chi connectivity index (χ4n) is 3.78. The molecule has 0 saturated heterocycles. The van der Waals surface area contributed by atoms with E-state index in [2.05, 4.69) is 47.7 Å². The highest BCUT2D eigenvalue weighted by Gasteiger charge is 2.47. The van der Waals surface area contributed by atoms with Crippen LogP contribution in [-0.2, 0) is 12.6 Å². The van der Waals surface area contributed by atoms with Gasteiger partial charge in [0.15, 0.2) is 0 Å². The third kappa shape index (κ3) is 3.91. The molecule has 1 N–H and O–H groups in total. The number of para-hydroxylation sites is 1. The van der Waals surface area contributed by atoms with E-state index >= 15 is 0 Å². The highest BCUT2D eigenvalue weighted by atomic mass is 16.5. The van der Waals surface area contributed by atoms with Gasteiger partial charge in [0.2, 0.25) is 0 Å². The Labute approximate surface area is 161 Å². The zero-order chi connectivity index (χ0) is 18.7. The molecule has 0 spiro atoms. The van der Waals surface area contributed by atoms with Crippen molar-refractivity contribution in [3.05, 3.63) is 78.1 Å². The quantitative estimate of drug-likeness (QED) is 0.589. The van der Waals surface area contributed by atoms with Gasteiger partial charge in [0, 0.05) is 19.3 Å². The van der Waals surface area contributed by atoms with Crippen LogP contribution < -0.4 is 10.1 Å². The Balaban J connectivity index is 1.50. The SMILES string of the molecule is CCCC(NC1(c2ccnn2C)CC1)c1ccc(Oc2ccccc2)cc1. The van der Waals surface area contributed by atoms with Crippen LogP contribution in [0.4, 0.5) is 0 Å². The van der Waals surface area contributed by atoms with Crippen molar-refractivity contribution >= 4 is 0 Å². The zero-order valence-corrected chi connectivity index (χ0v) is 16.1. The molecule has 1 aliphatic carbocycles. The smallest absolute Gasteiger partial charge is 0.127 e. The summed E-state index contributed by atoms with van der Waals surface area (Å²) in [6.45, 7) is 2.24. The summed E-state index contributed by atoms with van der Waals surface area (Å²) in [4.78, 5) is 0. The molecular formula is C23H27N3O. The molecule has 1 fully saturated rings. The van der Waals surface area contributed by atoms with Gasteiger partial charge in [-0.25, -0.2) is 0 Å². The van der Waals surface area contributed by atoms with Gasteiger partial charge in [0.1, 0.15) is 11.5 Å². The molecule has 4 rings (SSSR count). The summed E-state index contributed by atoms with van der Waals surface area (Å²) in [5.41, 5.74) is 2.67. The van der Waals surface area contributed by atoms with Crippen LogP contribution in [0, 0.1) is 0 Å². The molecule has 1 aliphatic rings. The Kier molecular flexibility index (Phi) is 4.99. The van der Waals surface area contributed by atoms with Crippen LogP contribution in [-0.4, -0.2) is 9.78 Å². The maximum absolute atomic E-state index is 5.93. The molecule has 4 heteroatoms. The van der Waals surface area contributed by atoms with Crippen molar-refractivity contribution in [2.75, 3.05) is 0 Å². The number of aryl methyl sites for hydroxylation is 1. The van der Waals surface area contributed by atoms with E-state index in [-0.39, 0.29) is 5.54 Å². The molecule has 1 saturated carbocycles. The van der Waals surface area contributed by atoms with E-state index in [0.29, 0.717) is 6.04 Å². The minimum absolute atomic E-state index is 0.0737. The van der Waals surface area contributed by atoms with E-state index in [1.54, 1.807) is 0 Å². The molecule has 3 aromatic rings. The van der Waals surface area contributed by atoms with E-state index in [9.17, 15) is 0 Å². The van der Waals surface area contributed by atoms with Gasteiger partial charge < -0.3 is 4.74 Å². The van der Waals surface area contributed by atoms with E-state index in [1.165, 1.54) is 24.1 Å². The van der Waals surface area contributed by atoms with Crippen LogP contribution in [0.3, 0.4) is 0 Å². The third-order valence-electron chi connectivity index (χ3n) is 5.35. The maximum Gasteiger partial charge on any atom is 0.127 e. The monoisotopic (exact) mass is 361 g/mol. The molecule has 0 radical (unpaired) electrons. The average molecular weight is 361 g/mol. The van der Waals surface area contributed by atoms with Crippen molar-refractivity contribution in [2.24, 2.45) is 7.05 Å². The molecule has 1 atom stereocenters. The number of aromatic nitrogens is 2. The van der Waals surface area contributed by atoms with Crippen molar-refractivity contribution in [3.8, 4) is 11.5 Å². The first-order chi connectivity index (χ1) is 13.2. The molecule has 0 bridgehead atoms. The van der Waals surface area contributed by atoms with Gasteiger partial charge in [-0.2, -0.15) is 5.10 Å². The lowest BCUT2D eigenvalue weighted by Crippen LogP contribution is -2.34. The molecule has 27 heavy (non-hydrogen) atoms. The minimum Gasteiger partial charge on any atom is -0.457 e. The van der Waals surface area contributed by atoms with Crippen LogP contribution in [0.1, 0.15) is 49.9 Å². The van der Waals surface area contributed by atoms with Crippen LogP contribution in [0.5, 0.6) is 11.5 Å². The molecule has 2 aromatic carbocycles. The van der Waals surface area contributed by atoms with Gasteiger partial charge in [-0.1, -0.05) is 43.7 Å². The Morgan fingerprint density at radius 1 is 1.04 bits per heavy atom. The lowest BCUT2D eigenvalue weighted by atomic mass is 9.99. The number of rotatable bonds is 8. The summed E-state index contributed by atoms with van der Waals surface area (Å²) in [6, 6.07) is 20.9. The number of nitrogens with zero attached hydrogens (tertiary/aromatic N) is 2. The van der Waals surface area contributed by atoms with Gasteiger partial charge in [0.05, 0.1) is 11.2 Å². The van der Waals surface area contributed by atoms with Crippen molar-refractivity contribution in [1.82, 2.24) is 15.1 Å². The number of hydrogen-bond donors (Lipinski definition) is 1. The number of hydrogen-bond acceptors (Lipinski definition) is 3. The average Bonchev–Trinajstić information content (AvgIpc) is 3.34. The number of benzene rings is 2. The van der Waals surface area contributed by atoms with Gasteiger partial charge in [0.25, 0.3) is 0 Å². The second-order valence-corrected chi connectivity index (χ2v) is 7.39. The number of ether oxygens (including phenoxy) is 1. The van der Waals surface area contributed by atoms with Crippen LogP contribution >= 0.6 is 0 Å². The molecule has 4 nitrogen and oxygen atoms in total. The molecule has 140 valence electrons. The summed E-state index contributed by atoms with van der Waals surface area (Å²) >= 11 is 0. The first kappa shape index (κ1) is 17.8. The van der Waals surface area contributed by atoms with Crippen molar-refractivity contribution in [2.45, 2.75) is 44.2 Å². The Hall–Kier alpha value is -2.59. The van der Waals surface area contributed by atoms with E-state index in [4.69, 9.17) is 4.74 Å². The largest absolute Gasteiger partial charge is 0.457 e. The highest BCUT2D eigenvalue weighted by Crippen LogP contribution is 2.47. The predicted octanol–water partition coefficient (Wildman–Crippen LogP) is 5.33. The second-order valence-electron chi connectivity index (χ2n) is 7.39. The molecular weight excluding hydrogens is 334 g/mol. The standard InChI is InChI=1S/C23H27N3O/c1-3-7-21(25-23(15-16-23)22-14-17-24-26(22)2)18-10-12-20(13-11-18)27-19-8-5-4-6-9-19/h4-6,8-14,17,21,25H,3,7,15-16H2,1-2H3. The lowest BCUT2D eigenvalue weighted by molar-refractivity contribution is 0.388. The topological polar surface area (TPSA) is 39.1 Å². The fourth-order valence-corrected chi connectivity index (χ4v) is 3.78. The van der Waals surface area contributed by atoms with E-state index in [0.717, 1.165) is 24.3 Å². The summed E-state index contributed by atoms with van der Waals surface area (Å²) in [7, 11) is 2.03. The lowest BCUT2D eigenvalue weighted by Gasteiger charge is -2.26. The van der Waals surface area contributed by atoms with Gasteiger partial charge >= 0.3 is 0 Å². The van der Waals surface area contributed by atoms with E-state index < -0.39 is 0 Å². The summed E-state index contributed by atoms with van der Waals surface area (Å²) in [6.07, 6.45) is 6.48. The maximum atomic E-state index is 5.93. The first-order valence-corrected chi connectivity index (χ1v) is 9.79. The van der Waals surface area contributed by atoms with Gasteiger partial charge in [-0.15, -0.1) is 0 Å². The summed E-state index contributed by atoms with van der Waals surface area (Å²) in [5, 5.41) is 8.29. The van der Waals surface area contributed by atoms with Gasteiger partial charge in [-0.05, 0) is 55.2 Å². The predicted molar refractivity (Wildman–Crippen MR) is 108 cm³/mol. The second kappa shape index (κ2) is 7.57. The van der Waals surface area contributed by atoms with Crippen molar-refractivity contribution in [1.29, 1.82) is 0 Å². The molecule has 1 unspecified atom stereocenters. The Morgan fingerprint density at radius 2 is 1.74 bits per heavy atom. The van der Waals surface area contributed by atoms with E-state index in [1.807, 2.05) is 48.3 Å².